The maximum Gasteiger partial charge on any atom is 0.573 e. The molecular weight excluding hydrogens is 475 g/mol. The molecule has 0 aliphatic carbocycles. The van der Waals surface area contributed by atoms with E-state index in [2.05, 4.69) is 15.0 Å². The van der Waals surface area contributed by atoms with Crippen LogP contribution in [-0.2, 0) is 4.74 Å². The van der Waals surface area contributed by atoms with E-state index in [4.69, 9.17) is 14.2 Å². The van der Waals surface area contributed by atoms with Crippen molar-refractivity contribution in [1.82, 2.24) is 4.98 Å². The Morgan fingerprint density at radius 1 is 1.18 bits per heavy atom. The van der Waals surface area contributed by atoms with Gasteiger partial charge in [-0.15, -0.1) is 13.2 Å². The van der Waals surface area contributed by atoms with Gasteiger partial charge in [0.1, 0.15) is 17.2 Å². The Morgan fingerprint density at radius 2 is 1.91 bits per heavy atom. The van der Waals surface area contributed by atoms with Crippen LogP contribution in [0.5, 0.6) is 17.2 Å². The van der Waals surface area contributed by atoms with Gasteiger partial charge in [-0.1, -0.05) is 11.3 Å². The van der Waals surface area contributed by atoms with Crippen molar-refractivity contribution in [2.24, 2.45) is 0 Å². The van der Waals surface area contributed by atoms with E-state index in [1.54, 1.807) is 18.2 Å². The van der Waals surface area contributed by atoms with E-state index in [9.17, 15) is 18.0 Å². The molecule has 0 radical (unpaired) electrons. The highest BCUT2D eigenvalue weighted by atomic mass is 32.1. The predicted octanol–water partition coefficient (Wildman–Crippen LogP) is 5.43. The molecular formula is C22H22F3N3O5S. The van der Waals surface area contributed by atoms with Gasteiger partial charge in [-0.2, -0.15) is 0 Å². The molecule has 0 saturated carbocycles. The van der Waals surface area contributed by atoms with Crippen molar-refractivity contribution in [1.29, 1.82) is 0 Å². The fraction of sp³-hybridized carbons (Fsp3) is 0.364. The quantitative estimate of drug-likeness (QED) is 0.469. The number of amides is 2. The number of nitrogens with one attached hydrogen (secondary N) is 1. The third-order valence-corrected chi connectivity index (χ3v) is 6.11. The first-order valence-corrected chi connectivity index (χ1v) is 11.2. The van der Waals surface area contributed by atoms with Crippen molar-refractivity contribution in [3.8, 4) is 17.2 Å². The smallest absolute Gasteiger partial charge is 0.497 e. The number of hydrogen-bond acceptors (Lipinski definition) is 7. The lowest BCUT2D eigenvalue weighted by molar-refractivity contribution is -0.274. The van der Waals surface area contributed by atoms with Crippen LogP contribution in [0.2, 0.25) is 0 Å². The predicted molar refractivity (Wildman–Crippen MR) is 121 cm³/mol. The second-order valence-electron chi connectivity index (χ2n) is 7.45. The lowest BCUT2D eigenvalue weighted by Gasteiger charge is -2.23. The van der Waals surface area contributed by atoms with Crippen LogP contribution >= 0.6 is 11.3 Å². The zero-order chi connectivity index (χ0) is 24.3. The number of alkyl halides is 3. The van der Waals surface area contributed by atoms with Gasteiger partial charge in [0.15, 0.2) is 5.13 Å². The van der Waals surface area contributed by atoms with Gasteiger partial charge < -0.3 is 24.3 Å². The maximum absolute atomic E-state index is 13.3. The topological polar surface area (TPSA) is 82.2 Å². The van der Waals surface area contributed by atoms with Gasteiger partial charge in [-0.25, -0.2) is 9.78 Å². The van der Waals surface area contributed by atoms with Crippen LogP contribution in [0, 0.1) is 0 Å². The number of anilines is 2. The first-order valence-electron chi connectivity index (χ1n) is 10.3. The summed E-state index contributed by atoms with van der Waals surface area (Å²) in [4.78, 5) is 19.2. The summed E-state index contributed by atoms with van der Waals surface area (Å²) < 4.78 is 58.4. The SMILES string of the molecule is COc1cc(NC(=O)N(CC2CCCO2)c2nc3ccc(OC(F)(F)F)cc3s2)cc(OC)c1. The third-order valence-electron chi connectivity index (χ3n) is 5.07. The molecule has 0 spiro atoms. The van der Waals surface area contributed by atoms with Crippen molar-refractivity contribution in [2.75, 3.05) is 37.6 Å². The second-order valence-corrected chi connectivity index (χ2v) is 8.46. The minimum Gasteiger partial charge on any atom is -0.497 e. The first kappa shape index (κ1) is 23.9. The van der Waals surface area contributed by atoms with Crippen molar-refractivity contribution in [3.63, 3.8) is 0 Å². The van der Waals surface area contributed by atoms with E-state index < -0.39 is 12.4 Å². The van der Waals surface area contributed by atoms with Crippen LogP contribution in [0.4, 0.5) is 28.8 Å². The molecule has 182 valence electrons. The van der Waals surface area contributed by atoms with Gasteiger partial charge in [0.05, 0.1) is 37.1 Å². The number of ether oxygens (including phenoxy) is 4. The molecule has 34 heavy (non-hydrogen) atoms. The Labute approximate surface area is 197 Å². The summed E-state index contributed by atoms with van der Waals surface area (Å²) in [6.45, 7) is 0.837. The van der Waals surface area contributed by atoms with Crippen LogP contribution < -0.4 is 24.4 Å². The molecule has 0 bridgehead atoms. The van der Waals surface area contributed by atoms with Gasteiger partial charge in [0.2, 0.25) is 0 Å². The van der Waals surface area contributed by atoms with Crippen LogP contribution in [0.15, 0.2) is 36.4 Å². The molecule has 3 aromatic rings. The Kier molecular flexibility index (Phi) is 6.98. The van der Waals surface area contributed by atoms with E-state index in [0.717, 1.165) is 24.2 Å². The summed E-state index contributed by atoms with van der Waals surface area (Å²) in [5.41, 5.74) is 0.892. The average Bonchev–Trinajstić information content (AvgIpc) is 3.45. The number of benzene rings is 2. The molecule has 1 fully saturated rings. The van der Waals surface area contributed by atoms with Gasteiger partial charge in [0.25, 0.3) is 0 Å². The monoisotopic (exact) mass is 497 g/mol. The number of methoxy groups -OCH3 is 2. The van der Waals surface area contributed by atoms with Gasteiger partial charge in [0, 0.05) is 36.6 Å². The summed E-state index contributed by atoms with van der Waals surface area (Å²) in [6.07, 6.45) is -3.32. The zero-order valence-corrected chi connectivity index (χ0v) is 19.2. The standard InChI is InChI=1S/C22H22F3N3O5S/c1-30-16-8-13(9-17(10-16)31-2)26-20(29)28(12-15-4-3-7-32-15)21-27-18-6-5-14(11-19(18)34-21)33-22(23,24)25/h5-6,8-11,15H,3-4,7,12H2,1-2H3,(H,26,29). The minimum atomic E-state index is -4.80. The Bertz CT molecular complexity index is 1140. The van der Waals surface area contributed by atoms with E-state index in [1.807, 2.05) is 0 Å². The zero-order valence-electron chi connectivity index (χ0n) is 18.3. The number of rotatable bonds is 7. The fourth-order valence-corrected chi connectivity index (χ4v) is 4.52. The molecule has 12 heteroatoms. The second kappa shape index (κ2) is 9.94. The number of aromatic nitrogens is 1. The van der Waals surface area contributed by atoms with Crippen LogP contribution in [0.25, 0.3) is 10.2 Å². The Balaban J connectivity index is 1.63. The molecule has 4 rings (SSSR count). The summed E-state index contributed by atoms with van der Waals surface area (Å²) in [5.74, 6) is 0.642. The van der Waals surface area contributed by atoms with Crippen molar-refractivity contribution < 1.29 is 36.9 Å². The van der Waals surface area contributed by atoms with Gasteiger partial charge in [-0.3, -0.25) is 4.90 Å². The number of fused-ring (bicyclic) bond motifs is 1. The minimum absolute atomic E-state index is 0.179. The number of carbonyl (C=O) groups is 1. The van der Waals surface area contributed by atoms with Crippen molar-refractivity contribution >= 4 is 38.4 Å². The lowest BCUT2D eigenvalue weighted by atomic mass is 10.2. The highest BCUT2D eigenvalue weighted by Gasteiger charge is 2.31. The molecule has 2 heterocycles. The summed E-state index contributed by atoms with van der Waals surface area (Å²) in [7, 11) is 3.00. The number of thiazole rings is 1. The third kappa shape index (κ3) is 5.81. The van der Waals surface area contributed by atoms with E-state index in [-0.39, 0.29) is 18.4 Å². The highest BCUT2D eigenvalue weighted by Crippen LogP contribution is 2.34. The number of halogens is 3. The molecule has 1 saturated heterocycles. The molecule has 1 aliphatic rings. The summed E-state index contributed by atoms with van der Waals surface area (Å²) in [6, 6.07) is 8.34. The number of carbonyl (C=O) groups excluding carboxylic acids is 1. The van der Waals surface area contributed by atoms with Gasteiger partial charge in [-0.05, 0) is 25.0 Å². The van der Waals surface area contributed by atoms with E-state index in [0.29, 0.717) is 39.1 Å². The molecule has 1 N–H and O–H groups in total. The van der Waals surface area contributed by atoms with Gasteiger partial charge >= 0.3 is 12.4 Å². The highest BCUT2D eigenvalue weighted by molar-refractivity contribution is 7.22. The molecule has 1 unspecified atom stereocenters. The van der Waals surface area contributed by atoms with Crippen LogP contribution in [-0.4, -0.2) is 50.9 Å². The molecule has 2 aromatic carbocycles. The molecule has 1 aliphatic heterocycles. The molecule has 2 amide bonds. The number of nitrogens with zero attached hydrogens (tertiary/aromatic N) is 2. The summed E-state index contributed by atoms with van der Waals surface area (Å²) in [5, 5.41) is 3.14. The van der Waals surface area contributed by atoms with Crippen LogP contribution in [0.3, 0.4) is 0 Å². The largest absolute Gasteiger partial charge is 0.573 e. The fourth-order valence-electron chi connectivity index (χ4n) is 3.52. The molecule has 8 nitrogen and oxygen atoms in total. The normalized spacial score (nSPS) is 15.9. The Hall–Kier alpha value is -3.25. The number of hydrogen-bond donors (Lipinski definition) is 1. The lowest BCUT2D eigenvalue weighted by Crippen LogP contribution is -2.40. The number of urea groups is 1. The molecule has 1 atom stereocenters. The maximum atomic E-state index is 13.3. The van der Waals surface area contributed by atoms with Crippen molar-refractivity contribution in [2.45, 2.75) is 25.3 Å². The summed E-state index contributed by atoms with van der Waals surface area (Å²) >= 11 is 1.08. The average molecular weight is 497 g/mol. The molecule has 1 aromatic heterocycles. The van der Waals surface area contributed by atoms with E-state index in [1.165, 1.54) is 37.3 Å². The van der Waals surface area contributed by atoms with Crippen LogP contribution in [0.1, 0.15) is 12.8 Å². The Morgan fingerprint density at radius 3 is 2.53 bits per heavy atom. The van der Waals surface area contributed by atoms with E-state index >= 15 is 0 Å². The van der Waals surface area contributed by atoms with Crippen molar-refractivity contribution in [3.05, 3.63) is 36.4 Å². The first-order chi connectivity index (χ1) is 16.2.